The van der Waals surface area contributed by atoms with Crippen molar-refractivity contribution in [3.05, 3.63) is 48.0 Å². The Balaban J connectivity index is 2.32. The number of carbonyl (C=O) groups is 1. The van der Waals surface area contributed by atoms with Crippen molar-refractivity contribution in [2.45, 2.75) is 6.36 Å². The van der Waals surface area contributed by atoms with E-state index < -0.39 is 12.3 Å². The molecular formula is C14H10F3NO3. The minimum Gasteiger partial charge on any atom is -0.478 e. The molecule has 0 amide bonds. The lowest BCUT2D eigenvalue weighted by Crippen LogP contribution is -2.16. The van der Waals surface area contributed by atoms with Crippen LogP contribution in [0.15, 0.2) is 42.5 Å². The number of halogens is 3. The van der Waals surface area contributed by atoms with Gasteiger partial charge in [-0.15, -0.1) is 13.2 Å². The van der Waals surface area contributed by atoms with E-state index in [9.17, 15) is 18.0 Å². The highest BCUT2D eigenvalue weighted by atomic mass is 19.4. The van der Waals surface area contributed by atoms with Crippen LogP contribution < -0.4 is 10.5 Å². The third kappa shape index (κ3) is 3.88. The molecule has 0 radical (unpaired) electrons. The molecule has 0 aliphatic carbocycles. The number of carboxylic acid groups (broad SMARTS) is 1. The highest BCUT2D eigenvalue weighted by molar-refractivity contribution is 5.91. The molecule has 0 saturated carbocycles. The third-order valence-corrected chi connectivity index (χ3v) is 2.62. The molecule has 110 valence electrons. The van der Waals surface area contributed by atoms with Crippen LogP contribution in [0.4, 0.5) is 18.9 Å². The summed E-state index contributed by atoms with van der Waals surface area (Å²) in [6.45, 7) is 0. The molecule has 4 nitrogen and oxygen atoms in total. The molecular weight excluding hydrogens is 287 g/mol. The van der Waals surface area contributed by atoms with Crippen LogP contribution in [0.5, 0.6) is 5.75 Å². The van der Waals surface area contributed by atoms with Gasteiger partial charge in [-0.2, -0.15) is 0 Å². The predicted octanol–water partition coefficient (Wildman–Crippen LogP) is 3.53. The number of hydrogen-bond donors (Lipinski definition) is 2. The first-order valence-electron chi connectivity index (χ1n) is 5.75. The summed E-state index contributed by atoms with van der Waals surface area (Å²) in [4.78, 5) is 10.9. The molecule has 0 atom stereocenters. The van der Waals surface area contributed by atoms with Gasteiger partial charge >= 0.3 is 12.3 Å². The van der Waals surface area contributed by atoms with Crippen LogP contribution in [0.2, 0.25) is 0 Å². The quantitative estimate of drug-likeness (QED) is 0.850. The van der Waals surface area contributed by atoms with Gasteiger partial charge in [-0.25, -0.2) is 4.79 Å². The molecule has 21 heavy (non-hydrogen) atoms. The van der Waals surface area contributed by atoms with Crippen molar-refractivity contribution in [3.63, 3.8) is 0 Å². The smallest absolute Gasteiger partial charge is 0.478 e. The Hall–Kier alpha value is -2.70. The van der Waals surface area contributed by atoms with E-state index in [0.717, 1.165) is 12.1 Å². The lowest BCUT2D eigenvalue weighted by Gasteiger charge is -2.10. The van der Waals surface area contributed by atoms with Gasteiger partial charge in [0.25, 0.3) is 0 Å². The highest BCUT2D eigenvalue weighted by Gasteiger charge is 2.30. The number of anilines is 1. The lowest BCUT2D eigenvalue weighted by atomic mass is 10.0. The zero-order valence-corrected chi connectivity index (χ0v) is 10.5. The number of carboxylic acids is 1. The number of nitrogen functional groups attached to an aromatic ring is 1. The van der Waals surface area contributed by atoms with Crippen molar-refractivity contribution in [1.82, 2.24) is 0 Å². The van der Waals surface area contributed by atoms with Gasteiger partial charge in [0.2, 0.25) is 0 Å². The van der Waals surface area contributed by atoms with E-state index in [0.29, 0.717) is 11.1 Å². The molecule has 0 aliphatic rings. The van der Waals surface area contributed by atoms with Gasteiger partial charge in [-0.1, -0.05) is 12.1 Å². The van der Waals surface area contributed by atoms with E-state index in [1.54, 1.807) is 0 Å². The zero-order valence-electron chi connectivity index (χ0n) is 10.5. The summed E-state index contributed by atoms with van der Waals surface area (Å²) in [6, 6.07) is 9.29. The molecule has 0 fully saturated rings. The maximum atomic E-state index is 12.1. The zero-order chi connectivity index (χ0) is 15.6. The SMILES string of the molecule is Nc1cc(C(=O)O)cc(-c2ccc(OC(F)(F)F)cc2)c1. The molecule has 2 aromatic rings. The van der Waals surface area contributed by atoms with E-state index >= 15 is 0 Å². The fourth-order valence-corrected chi connectivity index (χ4v) is 1.79. The van der Waals surface area contributed by atoms with Gasteiger partial charge in [0, 0.05) is 5.69 Å². The number of rotatable bonds is 3. The first-order chi connectivity index (χ1) is 9.74. The summed E-state index contributed by atoms with van der Waals surface area (Å²) in [5, 5.41) is 8.95. The standard InChI is InChI=1S/C14H10F3NO3/c15-14(16,17)21-12-3-1-8(2-4-12)9-5-10(13(19)20)7-11(18)6-9/h1-7H,18H2,(H,19,20). The van der Waals surface area contributed by atoms with Gasteiger partial charge < -0.3 is 15.6 Å². The number of alkyl halides is 3. The fraction of sp³-hybridized carbons (Fsp3) is 0.0714. The third-order valence-electron chi connectivity index (χ3n) is 2.62. The molecule has 0 spiro atoms. The second kappa shape index (κ2) is 5.35. The number of hydrogen-bond acceptors (Lipinski definition) is 3. The van der Waals surface area contributed by atoms with Crippen LogP contribution >= 0.6 is 0 Å². The first kappa shape index (κ1) is 14.7. The van der Waals surface area contributed by atoms with Crippen LogP contribution in [0.1, 0.15) is 10.4 Å². The topological polar surface area (TPSA) is 72.6 Å². The van der Waals surface area contributed by atoms with E-state index in [-0.39, 0.29) is 17.0 Å². The van der Waals surface area contributed by atoms with Crippen LogP contribution in [0.3, 0.4) is 0 Å². The maximum Gasteiger partial charge on any atom is 0.573 e. The summed E-state index contributed by atoms with van der Waals surface area (Å²) in [5.41, 5.74) is 6.88. The first-order valence-corrected chi connectivity index (χ1v) is 5.75. The average Bonchev–Trinajstić information content (AvgIpc) is 2.37. The molecule has 0 saturated heterocycles. The van der Waals surface area contributed by atoms with Crippen LogP contribution in [-0.2, 0) is 0 Å². The number of ether oxygens (including phenoxy) is 1. The van der Waals surface area contributed by atoms with E-state index in [1.807, 2.05) is 0 Å². The van der Waals surface area contributed by atoms with Crippen molar-refractivity contribution in [3.8, 4) is 16.9 Å². The van der Waals surface area contributed by atoms with E-state index in [4.69, 9.17) is 10.8 Å². The van der Waals surface area contributed by atoms with Crippen molar-refractivity contribution in [1.29, 1.82) is 0 Å². The summed E-state index contributed by atoms with van der Waals surface area (Å²) in [5.74, 6) is -1.49. The molecule has 0 aliphatic heterocycles. The highest BCUT2D eigenvalue weighted by Crippen LogP contribution is 2.28. The van der Waals surface area contributed by atoms with E-state index in [2.05, 4.69) is 4.74 Å². The van der Waals surface area contributed by atoms with Crippen LogP contribution in [-0.4, -0.2) is 17.4 Å². The Labute approximate surface area is 117 Å². The summed E-state index contributed by atoms with van der Waals surface area (Å²) < 4.78 is 39.9. The van der Waals surface area contributed by atoms with E-state index in [1.165, 1.54) is 30.3 Å². The fourth-order valence-electron chi connectivity index (χ4n) is 1.79. The van der Waals surface area contributed by atoms with Gasteiger partial charge in [0.15, 0.2) is 0 Å². The molecule has 7 heteroatoms. The average molecular weight is 297 g/mol. The molecule has 0 bridgehead atoms. The molecule has 3 N–H and O–H groups in total. The largest absolute Gasteiger partial charge is 0.573 e. The van der Waals surface area contributed by atoms with Crippen LogP contribution in [0, 0.1) is 0 Å². The van der Waals surface area contributed by atoms with Crippen molar-refractivity contribution < 1.29 is 27.8 Å². The maximum absolute atomic E-state index is 12.1. The monoisotopic (exact) mass is 297 g/mol. The minimum absolute atomic E-state index is 0.000572. The Bertz CT molecular complexity index is 666. The lowest BCUT2D eigenvalue weighted by molar-refractivity contribution is -0.274. The molecule has 2 rings (SSSR count). The normalized spacial score (nSPS) is 11.2. The van der Waals surface area contributed by atoms with Gasteiger partial charge in [-0.3, -0.25) is 0 Å². The number of aromatic carboxylic acids is 1. The Morgan fingerprint density at radius 3 is 2.19 bits per heavy atom. The van der Waals surface area contributed by atoms with Gasteiger partial charge in [0.05, 0.1) is 5.56 Å². The summed E-state index contributed by atoms with van der Waals surface area (Å²) in [7, 11) is 0. The Morgan fingerprint density at radius 1 is 1.05 bits per heavy atom. The number of benzene rings is 2. The summed E-state index contributed by atoms with van der Waals surface area (Å²) >= 11 is 0. The number of nitrogens with two attached hydrogens (primary N) is 1. The van der Waals surface area contributed by atoms with Gasteiger partial charge in [0.1, 0.15) is 5.75 Å². The van der Waals surface area contributed by atoms with Crippen molar-refractivity contribution in [2.24, 2.45) is 0 Å². The molecule has 0 aromatic heterocycles. The van der Waals surface area contributed by atoms with Crippen molar-refractivity contribution >= 4 is 11.7 Å². The van der Waals surface area contributed by atoms with Crippen LogP contribution in [0.25, 0.3) is 11.1 Å². The predicted molar refractivity (Wildman–Crippen MR) is 69.9 cm³/mol. The van der Waals surface area contributed by atoms with Crippen molar-refractivity contribution in [2.75, 3.05) is 5.73 Å². The Morgan fingerprint density at radius 2 is 1.67 bits per heavy atom. The second-order valence-electron chi connectivity index (χ2n) is 4.22. The second-order valence-corrected chi connectivity index (χ2v) is 4.22. The minimum atomic E-state index is -4.75. The summed E-state index contributed by atoms with van der Waals surface area (Å²) in [6.07, 6.45) is -4.75. The molecule has 2 aromatic carbocycles. The van der Waals surface area contributed by atoms with Gasteiger partial charge in [-0.05, 0) is 41.5 Å². The Kier molecular flexibility index (Phi) is 3.75. The molecule has 0 heterocycles. The molecule has 0 unspecified atom stereocenters.